The van der Waals surface area contributed by atoms with Crippen molar-refractivity contribution >= 4 is 29.5 Å². The highest BCUT2D eigenvalue weighted by atomic mass is 19.4. The molecular weight excluding hydrogens is 559 g/mol. The molecule has 3 N–H and O–H groups in total. The zero-order chi connectivity index (χ0) is 30.7. The van der Waals surface area contributed by atoms with Gasteiger partial charge < -0.3 is 30.1 Å². The van der Waals surface area contributed by atoms with Gasteiger partial charge in [0.1, 0.15) is 5.75 Å². The molecule has 4 rings (SSSR count). The summed E-state index contributed by atoms with van der Waals surface area (Å²) < 4.78 is 37.1. The van der Waals surface area contributed by atoms with E-state index in [1.54, 1.807) is 31.4 Å². The summed E-state index contributed by atoms with van der Waals surface area (Å²) in [5.74, 6) is -1.98. The van der Waals surface area contributed by atoms with Crippen LogP contribution in [0.25, 0.3) is 0 Å². The highest BCUT2D eigenvalue weighted by Crippen LogP contribution is 2.16. The Morgan fingerprint density at radius 3 is 2.10 bits per heavy atom. The van der Waals surface area contributed by atoms with E-state index in [1.807, 2.05) is 29.2 Å². The number of carbonyl (C=O) groups excluding carboxylic acids is 1. The van der Waals surface area contributed by atoms with Gasteiger partial charge in [0.2, 0.25) is 5.91 Å². The van der Waals surface area contributed by atoms with Gasteiger partial charge in [-0.25, -0.2) is 14.6 Å². The number of aliphatic carboxylic acids is 1. The second-order valence-electron chi connectivity index (χ2n) is 9.65. The number of piperazine rings is 1. The van der Waals surface area contributed by atoms with Crippen LogP contribution in [0.2, 0.25) is 0 Å². The van der Waals surface area contributed by atoms with E-state index in [4.69, 9.17) is 19.6 Å². The number of ether oxygens (including phenoxy) is 1. The van der Waals surface area contributed by atoms with Crippen LogP contribution in [0.3, 0.4) is 0 Å². The van der Waals surface area contributed by atoms with E-state index in [2.05, 4.69) is 15.1 Å². The minimum absolute atomic E-state index is 0.222. The number of carbonyl (C=O) groups is 3. The molecule has 0 bridgehead atoms. The minimum Gasteiger partial charge on any atom is -0.497 e. The van der Waals surface area contributed by atoms with Crippen molar-refractivity contribution in [3.8, 4) is 5.75 Å². The molecule has 2 fully saturated rings. The quantitative estimate of drug-likeness (QED) is 0.327. The second-order valence-corrected chi connectivity index (χ2v) is 9.65. The standard InChI is InChI=1S/C26H33N5O4.C2HF3O2/c1-35-23-6-4-5-20(17-23)18-27-26(28-22-9-7-21(8-10-22)25(33)34)31-15-13-29(14-16-31)19-24(32)30-11-2-3-12-30;3-2(4,5)1(6)7/h4-10,17H,2-3,11-16,18-19H2,1H3,(H,27,28)(H,33,34);(H,6,7). The SMILES string of the molecule is COc1cccc(CN=C(Nc2ccc(C(=O)O)cc2)N2CCN(CC(=O)N3CCCC3)CC2)c1.O=C(O)C(F)(F)F. The van der Waals surface area contributed by atoms with Crippen molar-refractivity contribution in [2.24, 2.45) is 4.99 Å². The number of nitrogens with zero attached hydrogens (tertiary/aromatic N) is 4. The number of nitrogens with one attached hydrogen (secondary N) is 1. The Labute approximate surface area is 241 Å². The molecule has 2 aromatic rings. The van der Waals surface area contributed by atoms with Gasteiger partial charge in [-0.3, -0.25) is 9.69 Å². The van der Waals surface area contributed by atoms with E-state index < -0.39 is 18.1 Å². The Morgan fingerprint density at radius 1 is 0.929 bits per heavy atom. The van der Waals surface area contributed by atoms with E-state index >= 15 is 0 Å². The number of carboxylic acids is 2. The third-order valence-electron chi connectivity index (χ3n) is 6.67. The van der Waals surface area contributed by atoms with E-state index in [9.17, 15) is 27.9 Å². The van der Waals surface area contributed by atoms with E-state index in [0.29, 0.717) is 13.1 Å². The Kier molecular flexibility index (Phi) is 11.5. The second kappa shape index (κ2) is 15.1. The van der Waals surface area contributed by atoms with Crippen LogP contribution in [0.1, 0.15) is 28.8 Å². The van der Waals surface area contributed by atoms with Gasteiger partial charge in [0.25, 0.3) is 0 Å². The van der Waals surface area contributed by atoms with Crippen LogP contribution in [0.5, 0.6) is 5.75 Å². The molecule has 0 spiro atoms. The number of hydrogen-bond acceptors (Lipinski definition) is 6. The predicted molar refractivity (Wildman–Crippen MR) is 149 cm³/mol. The van der Waals surface area contributed by atoms with Gasteiger partial charge in [0.15, 0.2) is 5.96 Å². The number of aliphatic imine (C=N–C) groups is 1. The molecule has 2 aliphatic heterocycles. The highest BCUT2D eigenvalue weighted by Gasteiger charge is 2.38. The third-order valence-corrected chi connectivity index (χ3v) is 6.67. The van der Waals surface area contributed by atoms with Crippen LogP contribution < -0.4 is 10.1 Å². The van der Waals surface area contributed by atoms with Gasteiger partial charge in [-0.15, -0.1) is 0 Å². The molecule has 2 aliphatic rings. The zero-order valence-electron chi connectivity index (χ0n) is 23.1. The van der Waals surface area contributed by atoms with Crippen molar-refractivity contribution in [1.29, 1.82) is 0 Å². The molecule has 0 atom stereocenters. The maximum atomic E-state index is 12.5. The van der Waals surface area contributed by atoms with Crippen molar-refractivity contribution < 1.29 is 42.5 Å². The molecule has 228 valence electrons. The van der Waals surface area contributed by atoms with Crippen LogP contribution in [-0.4, -0.2) is 108 Å². The number of rotatable bonds is 7. The lowest BCUT2D eigenvalue weighted by Crippen LogP contribution is -2.52. The van der Waals surface area contributed by atoms with E-state index in [0.717, 1.165) is 75.1 Å². The minimum atomic E-state index is -5.08. The molecular formula is C28H34F3N5O6. The highest BCUT2D eigenvalue weighted by molar-refractivity contribution is 5.94. The molecule has 2 aromatic carbocycles. The number of likely N-dealkylation sites (tertiary alicyclic amines) is 1. The lowest BCUT2D eigenvalue weighted by Gasteiger charge is -2.36. The first-order valence-electron chi connectivity index (χ1n) is 13.3. The molecule has 0 unspecified atom stereocenters. The monoisotopic (exact) mass is 593 g/mol. The van der Waals surface area contributed by atoms with Crippen molar-refractivity contribution in [1.82, 2.24) is 14.7 Å². The van der Waals surface area contributed by atoms with Gasteiger partial charge >= 0.3 is 18.1 Å². The lowest BCUT2D eigenvalue weighted by molar-refractivity contribution is -0.192. The van der Waals surface area contributed by atoms with Gasteiger partial charge in [-0.05, 0) is 54.8 Å². The summed E-state index contributed by atoms with van der Waals surface area (Å²) in [6, 6.07) is 14.5. The number of amides is 1. The molecule has 2 saturated heterocycles. The molecule has 2 heterocycles. The molecule has 0 saturated carbocycles. The maximum Gasteiger partial charge on any atom is 0.490 e. The Morgan fingerprint density at radius 2 is 1.55 bits per heavy atom. The van der Waals surface area contributed by atoms with Gasteiger partial charge in [-0.1, -0.05) is 12.1 Å². The normalized spacial score (nSPS) is 16.0. The van der Waals surface area contributed by atoms with Crippen molar-refractivity contribution in [3.05, 3.63) is 59.7 Å². The summed E-state index contributed by atoms with van der Waals surface area (Å²) in [5, 5.41) is 19.7. The first kappa shape index (κ1) is 32.2. The third kappa shape index (κ3) is 9.94. The van der Waals surface area contributed by atoms with Crippen molar-refractivity contribution in [2.75, 3.05) is 58.2 Å². The van der Waals surface area contributed by atoms with Crippen molar-refractivity contribution in [3.63, 3.8) is 0 Å². The molecule has 1 amide bonds. The van der Waals surface area contributed by atoms with Crippen LogP contribution in [0.15, 0.2) is 53.5 Å². The number of anilines is 1. The summed E-state index contributed by atoms with van der Waals surface area (Å²) in [6.45, 7) is 5.73. The topological polar surface area (TPSA) is 135 Å². The predicted octanol–water partition coefficient (Wildman–Crippen LogP) is 3.23. The summed E-state index contributed by atoms with van der Waals surface area (Å²) in [6.07, 6.45) is -2.88. The number of benzene rings is 2. The molecule has 42 heavy (non-hydrogen) atoms. The van der Waals surface area contributed by atoms with Crippen LogP contribution in [0, 0.1) is 0 Å². The number of methoxy groups -OCH3 is 1. The number of halogens is 3. The fourth-order valence-corrected chi connectivity index (χ4v) is 4.36. The van der Waals surface area contributed by atoms with Crippen molar-refractivity contribution in [2.45, 2.75) is 25.6 Å². The van der Waals surface area contributed by atoms with Gasteiger partial charge in [-0.2, -0.15) is 13.2 Å². The average molecular weight is 594 g/mol. The summed E-state index contributed by atoms with van der Waals surface area (Å²) >= 11 is 0. The van der Waals surface area contributed by atoms with E-state index in [-0.39, 0.29) is 11.5 Å². The van der Waals surface area contributed by atoms with Gasteiger partial charge in [0.05, 0.1) is 25.8 Å². The molecule has 11 nitrogen and oxygen atoms in total. The van der Waals surface area contributed by atoms with E-state index in [1.165, 1.54) is 0 Å². The lowest BCUT2D eigenvalue weighted by atomic mass is 10.2. The average Bonchev–Trinajstić information content (AvgIpc) is 3.51. The Balaban J connectivity index is 0.000000616. The fraction of sp³-hybridized carbons (Fsp3) is 0.429. The number of alkyl halides is 3. The summed E-state index contributed by atoms with van der Waals surface area (Å²) in [5.41, 5.74) is 2.03. The van der Waals surface area contributed by atoms with Crippen LogP contribution in [-0.2, 0) is 16.1 Å². The number of carboxylic acid groups (broad SMARTS) is 2. The van der Waals surface area contributed by atoms with Gasteiger partial charge in [0, 0.05) is 45.0 Å². The molecule has 14 heteroatoms. The zero-order valence-corrected chi connectivity index (χ0v) is 23.1. The summed E-state index contributed by atoms with van der Waals surface area (Å²) in [4.78, 5) is 43.8. The first-order chi connectivity index (χ1) is 20.0. The molecule has 0 aliphatic carbocycles. The number of hydrogen-bond donors (Lipinski definition) is 3. The first-order valence-corrected chi connectivity index (χ1v) is 13.3. The van der Waals surface area contributed by atoms with Crippen LogP contribution in [0.4, 0.5) is 18.9 Å². The smallest absolute Gasteiger partial charge is 0.490 e. The Bertz CT molecular complexity index is 1240. The Hall–Kier alpha value is -4.33. The number of aromatic carboxylic acids is 1. The summed E-state index contributed by atoms with van der Waals surface area (Å²) in [7, 11) is 1.64. The molecule has 0 radical (unpaired) electrons. The number of guanidine groups is 1. The largest absolute Gasteiger partial charge is 0.497 e. The van der Waals surface area contributed by atoms with Crippen LogP contribution >= 0.6 is 0 Å². The fourth-order valence-electron chi connectivity index (χ4n) is 4.36. The molecule has 0 aromatic heterocycles. The maximum absolute atomic E-state index is 12.5.